The fraction of sp³-hybridized carbons (Fsp3) is 0.100. The number of aryl methyl sites for hydroxylation is 1. The summed E-state index contributed by atoms with van der Waals surface area (Å²) in [4.78, 5) is 17.2. The molecular weight excluding hydrogens is 519 g/mol. The molecule has 0 spiro atoms. The first-order valence-corrected chi connectivity index (χ1v) is 12.4. The molecule has 1 heterocycles. The van der Waals surface area contributed by atoms with Crippen molar-refractivity contribution in [2.24, 2.45) is 0 Å². The summed E-state index contributed by atoms with van der Waals surface area (Å²) >= 11 is 0. The average Bonchev–Trinajstić information content (AvgIpc) is 3.44. The Balaban J connectivity index is 1.26. The van der Waals surface area contributed by atoms with Crippen LogP contribution in [0.5, 0.6) is 5.75 Å². The first-order chi connectivity index (χ1) is 19.3. The zero-order valence-corrected chi connectivity index (χ0v) is 21.3. The molecule has 1 aromatic heterocycles. The van der Waals surface area contributed by atoms with E-state index in [1.54, 1.807) is 24.3 Å². The molecule has 0 bridgehead atoms. The van der Waals surface area contributed by atoms with Gasteiger partial charge < -0.3 is 15.4 Å². The number of urea groups is 1. The number of aromatic nitrogens is 3. The molecule has 0 atom stereocenters. The minimum atomic E-state index is -4.76. The molecule has 0 aliphatic rings. The van der Waals surface area contributed by atoms with E-state index in [-0.39, 0.29) is 11.8 Å². The topological polar surface area (TPSA) is 81.1 Å². The van der Waals surface area contributed by atoms with E-state index in [1.807, 2.05) is 55.5 Å². The number of nitrogens with zero attached hydrogens (tertiary/aromatic N) is 3. The third-order valence-corrected chi connectivity index (χ3v) is 6.08. The fourth-order valence-corrected chi connectivity index (χ4v) is 4.20. The molecule has 40 heavy (non-hydrogen) atoms. The van der Waals surface area contributed by atoms with Gasteiger partial charge >= 0.3 is 12.4 Å². The van der Waals surface area contributed by atoms with E-state index in [1.165, 1.54) is 35.3 Å². The van der Waals surface area contributed by atoms with Crippen molar-refractivity contribution in [1.29, 1.82) is 0 Å². The summed E-state index contributed by atoms with van der Waals surface area (Å²) in [6.45, 7) is 2.04. The molecule has 7 nitrogen and oxygen atoms in total. The molecule has 5 aromatic rings. The van der Waals surface area contributed by atoms with Gasteiger partial charge in [-0.1, -0.05) is 55.5 Å². The fourth-order valence-electron chi connectivity index (χ4n) is 4.20. The van der Waals surface area contributed by atoms with Gasteiger partial charge in [0, 0.05) is 16.8 Å². The van der Waals surface area contributed by atoms with E-state index in [2.05, 4.69) is 25.5 Å². The van der Waals surface area contributed by atoms with Gasteiger partial charge in [0.1, 0.15) is 12.1 Å². The normalized spacial score (nSPS) is 11.2. The third-order valence-electron chi connectivity index (χ3n) is 6.08. The third kappa shape index (κ3) is 6.29. The molecule has 0 saturated carbocycles. The summed E-state index contributed by atoms with van der Waals surface area (Å²) in [5, 5.41) is 10.3. The summed E-state index contributed by atoms with van der Waals surface area (Å²) in [6, 6.07) is 27.8. The highest BCUT2D eigenvalue weighted by Gasteiger charge is 2.31. The van der Waals surface area contributed by atoms with Gasteiger partial charge in [-0.25, -0.2) is 14.5 Å². The van der Waals surface area contributed by atoms with Crippen molar-refractivity contribution in [3.63, 3.8) is 0 Å². The summed E-state index contributed by atoms with van der Waals surface area (Å²) in [5.41, 5.74) is 5.53. The van der Waals surface area contributed by atoms with Crippen molar-refractivity contribution in [3.05, 3.63) is 109 Å². The van der Waals surface area contributed by atoms with Crippen LogP contribution in [0.15, 0.2) is 103 Å². The van der Waals surface area contributed by atoms with Crippen molar-refractivity contribution in [2.75, 3.05) is 10.6 Å². The minimum Gasteiger partial charge on any atom is -0.406 e. The van der Waals surface area contributed by atoms with E-state index < -0.39 is 6.36 Å². The van der Waals surface area contributed by atoms with Gasteiger partial charge in [-0.2, -0.15) is 0 Å². The Hall–Kier alpha value is -5.12. The number of amides is 2. The Morgan fingerprint density at radius 2 is 1.57 bits per heavy atom. The van der Waals surface area contributed by atoms with E-state index in [9.17, 15) is 18.0 Å². The van der Waals surface area contributed by atoms with Crippen LogP contribution < -0.4 is 15.4 Å². The zero-order chi connectivity index (χ0) is 28.1. The molecular formula is C30H24F3N5O2. The standard InChI is InChI=1S/C30H24F3N5O2/c1-2-20-9-6-10-26(21-7-4-3-5-8-21)27(20)36-29(39)35-23-13-11-22(12-14-23)28-34-19-38(37-28)24-15-17-25(18-16-24)40-30(31,32)33/h3-19H,2H2,1H3,(H2,35,36,39). The Morgan fingerprint density at radius 3 is 2.25 bits per heavy atom. The van der Waals surface area contributed by atoms with Crippen molar-refractivity contribution >= 4 is 17.4 Å². The smallest absolute Gasteiger partial charge is 0.406 e. The summed E-state index contributed by atoms with van der Waals surface area (Å²) in [6.07, 6.45) is -2.53. The number of nitrogens with one attached hydrogen (secondary N) is 2. The first kappa shape index (κ1) is 26.5. The van der Waals surface area contributed by atoms with Crippen LogP contribution in [0.2, 0.25) is 0 Å². The second-order valence-corrected chi connectivity index (χ2v) is 8.77. The highest BCUT2D eigenvalue weighted by molar-refractivity contribution is 6.03. The number of para-hydroxylation sites is 1. The molecule has 0 saturated heterocycles. The molecule has 2 amide bonds. The maximum absolute atomic E-state index is 12.9. The van der Waals surface area contributed by atoms with Crippen LogP contribution in [-0.4, -0.2) is 27.2 Å². The van der Waals surface area contributed by atoms with Crippen LogP contribution >= 0.6 is 0 Å². The molecule has 202 valence electrons. The van der Waals surface area contributed by atoms with Crippen molar-refractivity contribution in [2.45, 2.75) is 19.7 Å². The predicted octanol–water partition coefficient (Wildman–Crippen LogP) is 7.71. The summed E-state index contributed by atoms with van der Waals surface area (Å²) < 4.78 is 42.5. The largest absolute Gasteiger partial charge is 0.573 e. The quantitative estimate of drug-likeness (QED) is 0.220. The molecule has 0 aliphatic carbocycles. The number of rotatable bonds is 7. The highest BCUT2D eigenvalue weighted by Crippen LogP contribution is 2.32. The first-order valence-electron chi connectivity index (χ1n) is 12.4. The second kappa shape index (κ2) is 11.3. The molecule has 10 heteroatoms. The Labute approximate surface area is 228 Å². The Kier molecular flexibility index (Phi) is 7.50. The second-order valence-electron chi connectivity index (χ2n) is 8.77. The van der Waals surface area contributed by atoms with E-state index in [0.29, 0.717) is 22.8 Å². The average molecular weight is 544 g/mol. The molecule has 0 aliphatic heterocycles. The SMILES string of the molecule is CCc1cccc(-c2ccccc2)c1NC(=O)Nc1ccc(-c2ncn(-c3ccc(OC(F)(F)F)cc3)n2)cc1. The van der Waals surface area contributed by atoms with Crippen LogP contribution in [0.1, 0.15) is 12.5 Å². The van der Waals surface area contributed by atoms with Gasteiger partial charge in [-0.3, -0.25) is 0 Å². The molecule has 0 radical (unpaired) electrons. The lowest BCUT2D eigenvalue weighted by molar-refractivity contribution is -0.274. The van der Waals surface area contributed by atoms with Crippen molar-refractivity contribution in [3.8, 4) is 34.0 Å². The summed E-state index contributed by atoms with van der Waals surface area (Å²) in [5.74, 6) is 0.0918. The molecule has 0 unspecified atom stereocenters. The number of hydrogen-bond acceptors (Lipinski definition) is 4. The van der Waals surface area contributed by atoms with Crippen LogP contribution in [0.4, 0.5) is 29.3 Å². The van der Waals surface area contributed by atoms with Crippen LogP contribution in [0.3, 0.4) is 0 Å². The maximum atomic E-state index is 12.9. The number of anilines is 2. The minimum absolute atomic E-state index is 0.321. The van der Waals surface area contributed by atoms with Crippen molar-refractivity contribution < 1.29 is 22.7 Å². The zero-order valence-electron chi connectivity index (χ0n) is 21.3. The van der Waals surface area contributed by atoms with Gasteiger partial charge in [-0.15, -0.1) is 18.3 Å². The number of alkyl halides is 3. The molecule has 0 fully saturated rings. The number of ether oxygens (including phenoxy) is 1. The van der Waals surface area contributed by atoms with Gasteiger partial charge in [0.05, 0.1) is 11.4 Å². The predicted molar refractivity (Wildman–Crippen MR) is 147 cm³/mol. The van der Waals surface area contributed by atoms with Gasteiger partial charge in [0.25, 0.3) is 0 Å². The van der Waals surface area contributed by atoms with Gasteiger partial charge in [0.2, 0.25) is 0 Å². The lowest BCUT2D eigenvalue weighted by Gasteiger charge is -2.16. The lowest BCUT2D eigenvalue weighted by atomic mass is 9.99. The van der Waals surface area contributed by atoms with Crippen LogP contribution in [0, 0.1) is 0 Å². The number of halogens is 3. The Bertz CT molecular complexity index is 1600. The van der Waals surface area contributed by atoms with Crippen LogP contribution in [0.25, 0.3) is 28.2 Å². The number of carbonyl (C=O) groups is 1. The monoisotopic (exact) mass is 543 g/mol. The maximum Gasteiger partial charge on any atom is 0.573 e. The number of benzene rings is 4. The molecule has 4 aromatic carbocycles. The highest BCUT2D eigenvalue weighted by atomic mass is 19.4. The van der Waals surface area contributed by atoms with E-state index in [0.717, 1.165) is 28.8 Å². The van der Waals surface area contributed by atoms with E-state index >= 15 is 0 Å². The molecule has 5 rings (SSSR count). The van der Waals surface area contributed by atoms with Gasteiger partial charge in [-0.05, 0) is 66.1 Å². The van der Waals surface area contributed by atoms with E-state index in [4.69, 9.17) is 0 Å². The van der Waals surface area contributed by atoms with Gasteiger partial charge in [0.15, 0.2) is 5.82 Å². The Morgan fingerprint density at radius 1 is 0.850 bits per heavy atom. The van der Waals surface area contributed by atoms with Crippen molar-refractivity contribution in [1.82, 2.24) is 14.8 Å². The number of hydrogen-bond donors (Lipinski definition) is 2. The summed E-state index contributed by atoms with van der Waals surface area (Å²) in [7, 11) is 0. The molecule has 2 N–H and O–H groups in total. The lowest BCUT2D eigenvalue weighted by Crippen LogP contribution is -2.20. The number of carbonyl (C=O) groups excluding carboxylic acids is 1. The van der Waals surface area contributed by atoms with Crippen LogP contribution in [-0.2, 0) is 6.42 Å².